The summed E-state index contributed by atoms with van der Waals surface area (Å²) >= 11 is 6.05. The van der Waals surface area contributed by atoms with E-state index in [1.807, 2.05) is 12.1 Å². The van der Waals surface area contributed by atoms with Crippen molar-refractivity contribution >= 4 is 11.6 Å². The molecule has 1 aromatic rings. The van der Waals surface area contributed by atoms with E-state index in [4.69, 9.17) is 11.6 Å². The van der Waals surface area contributed by atoms with Gasteiger partial charge in [0.1, 0.15) is 0 Å². The van der Waals surface area contributed by atoms with E-state index >= 15 is 0 Å². The maximum atomic E-state index is 6.05. The first kappa shape index (κ1) is 9.44. The zero-order chi connectivity index (χ0) is 10.5. The summed E-state index contributed by atoms with van der Waals surface area (Å²) < 4.78 is 0. The minimum absolute atomic E-state index is 0.277. The molecule has 1 aliphatic heterocycles. The topological polar surface area (TPSA) is 12.0 Å². The van der Waals surface area contributed by atoms with Crippen LogP contribution in [-0.4, -0.2) is 13.1 Å². The van der Waals surface area contributed by atoms with E-state index in [9.17, 15) is 0 Å². The standard InChI is InChI=1S/C13H14ClN/c1-2-12-7-13(12,9-15-8-12)10-4-3-5-11(14)6-10/h2-6,15H,1,7-9H2. The lowest BCUT2D eigenvalue weighted by molar-refractivity contribution is 0.628. The number of fused-ring (bicyclic) bond motifs is 1. The van der Waals surface area contributed by atoms with Crippen LogP contribution in [0.3, 0.4) is 0 Å². The molecule has 1 aromatic carbocycles. The normalized spacial score (nSPS) is 37.4. The van der Waals surface area contributed by atoms with Crippen LogP contribution in [0.15, 0.2) is 36.9 Å². The lowest BCUT2D eigenvalue weighted by Gasteiger charge is -2.15. The molecule has 2 atom stereocenters. The molecule has 0 spiro atoms. The monoisotopic (exact) mass is 219 g/mol. The molecule has 3 rings (SSSR count). The first-order valence-corrected chi connectivity index (χ1v) is 5.71. The van der Waals surface area contributed by atoms with E-state index in [0.717, 1.165) is 18.1 Å². The lowest BCUT2D eigenvalue weighted by atomic mass is 9.89. The number of nitrogens with one attached hydrogen (secondary N) is 1. The Morgan fingerprint density at radius 3 is 2.93 bits per heavy atom. The second-order valence-electron chi connectivity index (χ2n) is 4.73. The molecule has 0 bridgehead atoms. The number of piperidine rings is 1. The quantitative estimate of drug-likeness (QED) is 0.755. The van der Waals surface area contributed by atoms with Crippen molar-refractivity contribution in [3.63, 3.8) is 0 Å². The van der Waals surface area contributed by atoms with Crippen LogP contribution in [-0.2, 0) is 5.41 Å². The van der Waals surface area contributed by atoms with Gasteiger partial charge in [0, 0.05) is 28.9 Å². The van der Waals surface area contributed by atoms with Gasteiger partial charge in [-0.05, 0) is 24.1 Å². The zero-order valence-electron chi connectivity index (χ0n) is 8.59. The van der Waals surface area contributed by atoms with E-state index in [-0.39, 0.29) is 10.8 Å². The molecule has 2 fully saturated rings. The summed E-state index contributed by atoms with van der Waals surface area (Å²) in [4.78, 5) is 0. The highest BCUT2D eigenvalue weighted by molar-refractivity contribution is 6.30. The highest BCUT2D eigenvalue weighted by Gasteiger charge is 2.68. The Balaban J connectivity index is 2.05. The summed E-state index contributed by atoms with van der Waals surface area (Å²) in [6.45, 7) is 6.09. The fraction of sp³-hybridized carbons (Fsp3) is 0.385. The summed E-state index contributed by atoms with van der Waals surface area (Å²) in [5.74, 6) is 0. The van der Waals surface area contributed by atoms with Crippen molar-refractivity contribution in [2.45, 2.75) is 11.8 Å². The van der Waals surface area contributed by atoms with Crippen LogP contribution < -0.4 is 5.32 Å². The van der Waals surface area contributed by atoms with Crippen molar-refractivity contribution in [3.05, 3.63) is 47.5 Å². The summed E-state index contributed by atoms with van der Waals surface area (Å²) in [7, 11) is 0. The highest BCUT2D eigenvalue weighted by atomic mass is 35.5. The summed E-state index contributed by atoms with van der Waals surface area (Å²) in [6, 6.07) is 8.25. The van der Waals surface area contributed by atoms with Gasteiger partial charge in [0.05, 0.1) is 0 Å². The van der Waals surface area contributed by atoms with Crippen molar-refractivity contribution in [1.82, 2.24) is 5.32 Å². The Labute approximate surface area is 95.1 Å². The first-order valence-electron chi connectivity index (χ1n) is 5.33. The SMILES string of the molecule is C=CC12CNCC1(c1cccc(Cl)c1)C2. The smallest absolute Gasteiger partial charge is 0.0408 e. The molecular formula is C13H14ClN. The molecule has 1 heterocycles. The molecule has 0 amide bonds. The maximum Gasteiger partial charge on any atom is 0.0408 e. The Morgan fingerprint density at radius 2 is 2.27 bits per heavy atom. The number of halogens is 1. The van der Waals surface area contributed by atoms with Crippen molar-refractivity contribution in [2.24, 2.45) is 5.41 Å². The molecule has 2 unspecified atom stereocenters. The molecule has 1 saturated heterocycles. The molecule has 1 nitrogen and oxygen atoms in total. The lowest BCUT2D eigenvalue weighted by Crippen LogP contribution is -2.19. The zero-order valence-corrected chi connectivity index (χ0v) is 9.35. The second kappa shape index (κ2) is 2.87. The van der Waals surface area contributed by atoms with E-state index in [2.05, 4.69) is 30.1 Å². The van der Waals surface area contributed by atoms with Gasteiger partial charge in [-0.2, -0.15) is 0 Å². The number of hydrogen-bond acceptors (Lipinski definition) is 1. The van der Waals surface area contributed by atoms with Crippen LogP contribution in [0, 0.1) is 5.41 Å². The predicted octanol–water partition coefficient (Wildman–Crippen LogP) is 2.76. The summed E-state index contributed by atoms with van der Waals surface area (Å²) in [6.07, 6.45) is 3.34. The van der Waals surface area contributed by atoms with E-state index in [1.54, 1.807) is 0 Å². The van der Waals surface area contributed by atoms with Gasteiger partial charge in [0.25, 0.3) is 0 Å². The molecule has 1 aliphatic carbocycles. The van der Waals surface area contributed by atoms with Crippen LogP contribution >= 0.6 is 11.6 Å². The van der Waals surface area contributed by atoms with Crippen LogP contribution in [0.5, 0.6) is 0 Å². The number of rotatable bonds is 2. The fourth-order valence-corrected chi connectivity index (χ4v) is 3.27. The van der Waals surface area contributed by atoms with Gasteiger partial charge in [-0.15, -0.1) is 6.58 Å². The van der Waals surface area contributed by atoms with Crippen molar-refractivity contribution in [3.8, 4) is 0 Å². The Hall–Kier alpha value is -0.790. The molecule has 0 radical (unpaired) electrons. The Kier molecular flexibility index (Phi) is 1.80. The molecule has 0 aromatic heterocycles. The van der Waals surface area contributed by atoms with Gasteiger partial charge in [-0.1, -0.05) is 29.8 Å². The summed E-state index contributed by atoms with van der Waals surface area (Å²) in [5.41, 5.74) is 1.93. The maximum absolute atomic E-state index is 6.05. The molecule has 1 saturated carbocycles. The Morgan fingerprint density at radius 1 is 1.40 bits per heavy atom. The minimum Gasteiger partial charge on any atom is -0.315 e. The van der Waals surface area contributed by atoms with Gasteiger partial charge in [-0.3, -0.25) is 0 Å². The molecule has 2 aliphatic rings. The molecule has 15 heavy (non-hydrogen) atoms. The number of hydrogen-bond donors (Lipinski definition) is 1. The van der Waals surface area contributed by atoms with E-state index in [0.29, 0.717) is 0 Å². The van der Waals surface area contributed by atoms with Crippen molar-refractivity contribution in [1.29, 1.82) is 0 Å². The second-order valence-corrected chi connectivity index (χ2v) is 5.17. The first-order chi connectivity index (χ1) is 7.22. The number of benzene rings is 1. The van der Waals surface area contributed by atoms with Crippen LogP contribution in [0.2, 0.25) is 5.02 Å². The minimum atomic E-state index is 0.277. The van der Waals surface area contributed by atoms with Gasteiger partial charge >= 0.3 is 0 Å². The van der Waals surface area contributed by atoms with E-state index < -0.39 is 0 Å². The van der Waals surface area contributed by atoms with Crippen molar-refractivity contribution < 1.29 is 0 Å². The van der Waals surface area contributed by atoms with Gasteiger partial charge in [0.15, 0.2) is 0 Å². The molecular weight excluding hydrogens is 206 g/mol. The summed E-state index contributed by atoms with van der Waals surface area (Å²) in [5, 5.41) is 4.29. The van der Waals surface area contributed by atoms with Crippen LogP contribution in [0.4, 0.5) is 0 Å². The molecule has 1 N–H and O–H groups in total. The molecule has 2 heteroatoms. The largest absolute Gasteiger partial charge is 0.315 e. The average Bonchev–Trinajstić information content (AvgIpc) is 2.77. The third kappa shape index (κ3) is 1.08. The van der Waals surface area contributed by atoms with Gasteiger partial charge in [0.2, 0.25) is 0 Å². The van der Waals surface area contributed by atoms with Gasteiger partial charge < -0.3 is 5.32 Å². The van der Waals surface area contributed by atoms with Crippen LogP contribution in [0.25, 0.3) is 0 Å². The third-order valence-electron chi connectivity index (χ3n) is 4.08. The fourth-order valence-electron chi connectivity index (χ4n) is 3.08. The predicted molar refractivity (Wildman–Crippen MR) is 63.2 cm³/mol. The van der Waals surface area contributed by atoms with E-state index in [1.165, 1.54) is 12.0 Å². The van der Waals surface area contributed by atoms with Crippen LogP contribution in [0.1, 0.15) is 12.0 Å². The van der Waals surface area contributed by atoms with Gasteiger partial charge in [-0.25, -0.2) is 0 Å². The highest BCUT2D eigenvalue weighted by Crippen LogP contribution is 2.67. The average molecular weight is 220 g/mol. The van der Waals surface area contributed by atoms with Crippen molar-refractivity contribution in [2.75, 3.05) is 13.1 Å². The third-order valence-corrected chi connectivity index (χ3v) is 4.32. The molecule has 78 valence electrons. The Bertz CT molecular complexity index is 428.